The maximum absolute atomic E-state index is 12.1. The molecule has 3 amide bonds. The van der Waals surface area contributed by atoms with Crippen LogP contribution in [0.4, 0.5) is 0 Å². The van der Waals surface area contributed by atoms with E-state index < -0.39 is 61.6 Å². The molecule has 0 aromatic carbocycles. The largest absolute Gasteiger partial charge is 0.480 e. The zero-order valence-corrected chi connectivity index (χ0v) is 14.5. The summed E-state index contributed by atoms with van der Waals surface area (Å²) in [5.74, 6) is -3.04. The molecule has 0 fully saturated rings. The van der Waals surface area contributed by atoms with Gasteiger partial charge in [0, 0.05) is 0 Å². The lowest BCUT2D eigenvalue weighted by Gasteiger charge is -2.20. The third kappa shape index (κ3) is 9.24. The molecular weight excluding hydrogens is 356 g/mol. The monoisotopic (exact) mass is 380 g/mol. The van der Waals surface area contributed by atoms with Crippen LogP contribution in [0.3, 0.4) is 0 Å². The Labute approximate surface area is 148 Å². The molecule has 0 radical (unpaired) electrons. The maximum Gasteiger partial charge on any atom is 0.328 e. The van der Waals surface area contributed by atoms with Crippen molar-refractivity contribution in [2.45, 2.75) is 24.5 Å². The third-order valence-electron chi connectivity index (χ3n) is 3.02. The van der Waals surface area contributed by atoms with Crippen molar-refractivity contribution in [1.29, 1.82) is 0 Å². The lowest BCUT2D eigenvalue weighted by molar-refractivity contribution is -0.142. The first-order valence-electron chi connectivity index (χ1n) is 7.33. The average molecular weight is 380 g/mol. The molecule has 3 atom stereocenters. The molecule has 0 saturated carbocycles. The van der Waals surface area contributed by atoms with Gasteiger partial charge >= 0.3 is 5.97 Å². The van der Waals surface area contributed by atoms with Crippen LogP contribution in [0, 0.1) is 0 Å². The number of aliphatic hydroxyl groups is 2. The Morgan fingerprint density at radius 2 is 1.68 bits per heavy atom. The Balaban J connectivity index is 4.62. The molecule has 0 aliphatic carbocycles. The molecule has 25 heavy (non-hydrogen) atoms. The molecule has 0 aromatic heterocycles. The standard InChI is InChI=1S/C13H24N4O7S/c1-25-3-2-8(17-11(21)7(14)5-18)12(22)15-4-10(20)16-9(6-19)13(23)24/h7-9,18-19H,2-6,14H2,1H3,(H,15,22)(H,16,20)(H,17,21)(H,23,24). The molecule has 0 aromatic rings. The van der Waals surface area contributed by atoms with Gasteiger partial charge in [0.2, 0.25) is 17.7 Å². The Bertz CT molecular complexity index is 477. The van der Waals surface area contributed by atoms with E-state index in [9.17, 15) is 19.2 Å². The van der Waals surface area contributed by atoms with Gasteiger partial charge < -0.3 is 37.0 Å². The van der Waals surface area contributed by atoms with Gasteiger partial charge in [0.05, 0.1) is 19.8 Å². The van der Waals surface area contributed by atoms with Crippen molar-refractivity contribution in [2.24, 2.45) is 5.73 Å². The minimum atomic E-state index is -1.47. The summed E-state index contributed by atoms with van der Waals surface area (Å²) >= 11 is 1.44. The van der Waals surface area contributed by atoms with Crippen molar-refractivity contribution in [3.05, 3.63) is 0 Å². The number of nitrogens with one attached hydrogen (secondary N) is 3. The minimum absolute atomic E-state index is 0.271. The number of carbonyl (C=O) groups is 4. The van der Waals surface area contributed by atoms with Crippen LogP contribution in [0.1, 0.15) is 6.42 Å². The van der Waals surface area contributed by atoms with E-state index >= 15 is 0 Å². The molecule has 12 heteroatoms. The van der Waals surface area contributed by atoms with E-state index in [1.165, 1.54) is 11.8 Å². The Morgan fingerprint density at radius 3 is 2.16 bits per heavy atom. The maximum atomic E-state index is 12.1. The molecule has 11 nitrogen and oxygen atoms in total. The van der Waals surface area contributed by atoms with Crippen molar-refractivity contribution in [3.8, 4) is 0 Å². The first-order chi connectivity index (χ1) is 11.8. The number of hydrogen-bond donors (Lipinski definition) is 7. The number of carboxylic acids is 1. The predicted octanol–water partition coefficient (Wildman–Crippen LogP) is -3.78. The topological polar surface area (TPSA) is 191 Å². The summed E-state index contributed by atoms with van der Waals surface area (Å²) in [6, 6.07) is -3.61. The quantitative estimate of drug-likeness (QED) is 0.178. The SMILES string of the molecule is CSCCC(NC(=O)C(N)CO)C(=O)NCC(=O)NC(CO)C(=O)O. The van der Waals surface area contributed by atoms with Gasteiger partial charge in [-0.2, -0.15) is 11.8 Å². The smallest absolute Gasteiger partial charge is 0.328 e. The molecular formula is C13H24N4O7S. The number of rotatable bonds is 12. The highest BCUT2D eigenvalue weighted by Gasteiger charge is 2.24. The van der Waals surface area contributed by atoms with Crippen molar-refractivity contribution < 1.29 is 34.5 Å². The fourth-order valence-corrected chi connectivity index (χ4v) is 2.06. The molecule has 8 N–H and O–H groups in total. The minimum Gasteiger partial charge on any atom is -0.480 e. The van der Waals surface area contributed by atoms with Gasteiger partial charge in [0.25, 0.3) is 0 Å². The molecule has 144 valence electrons. The van der Waals surface area contributed by atoms with Gasteiger partial charge in [-0.15, -0.1) is 0 Å². The number of amides is 3. The first-order valence-corrected chi connectivity index (χ1v) is 8.72. The molecule has 0 heterocycles. The Hall–Kier alpha value is -1.89. The number of aliphatic carboxylic acids is 1. The van der Waals surface area contributed by atoms with E-state index in [2.05, 4.69) is 10.6 Å². The van der Waals surface area contributed by atoms with Gasteiger partial charge in [0.1, 0.15) is 18.1 Å². The number of aliphatic hydroxyl groups excluding tert-OH is 2. The normalized spacial score (nSPS) is 14.1. The predicted molar refractivity (Wildman–Crippen MR) is 89.7 cm³/mol. The summed E-state index contributed by atoms with van der Waals surface area (Å²) in [7, 11) is 0. The number of thioether (sulfide) groups is 1. The first kappa shape index (κ1) is 23.1. The Morgan fingerprint density at radius 1 is 1.04 bits per heavy atom. The van der Waals surface area contributed by atoms with Crippen LogP contribution in [-0.4, -0.2) is 88.9 Å². The summed E-state index contributed by atoms with van der Waals surface area (Å²) in [6.45, 7) is -1.90. The lowest BCUT2D eigenvalue weighted by Crippen LogP contribution is -2.54. The van der Waals surface area contributed by atoms with Crippen molar-refractivity contribution >= 4 is 35.5 Å². The van der Waals surface area contributed by atoms with Crippen molar-refractivity contribution in [1.82, 2.24) is 16.0 Å². The number of carboxylic acid groups (broad SMARTS) is 1. The van der Waals surface area contributed by atoms with Gasteiger partial charge in [-0.05, 0) is 18.4 Å². The zero-order valence-electron chi connectivity index (χ0n) is 13.7. The van der Waals surface area contributed by atoms with E-state index in [0.29, 0.717) is 5.75 Å². The summed E-state index contributed by atoms with van der Waals surface area (Å²) in [4.78, 5) is 46.1. The van der Waals surface area contributed by atoms with Crippen LogP contribution in [0.5, 0.6) is 0 Å². The van der Waals surface area contributed by atoms with Crippen LogP contribution in [0.2, 0.25) is 0 Å². The Kier molecular flexibility index (Phi) is 11.5. The van der Waals surface area contributed by atoms with Crippen LogP contribution in [0.15, 0.2) is 0 Å². The summed E-state index contributed by atoms with van der Waals surface area (Å²) in [6.07, 6.45) is 2.08. The fraction of sp³-hybridized carbons (Fsp3) is 0.692. The van der Waals surface area contributed by atoms with Crippen LogP contribution in [-0.2, 0) is 19.2 Å². The van der Waals surface area contributed by atoms with E-state index in [1.54, 1.807) is 0 Å². The van der Waals surface area contributed by atoms with Gasteiger partial charge in [-0.1, -0.05) is 0 Å². The molecule has 0 rings (SSSR count). The highest BCUT2D eigenvalue weighted by atomic mass is 32.2. The van der Waals surface area contributed by atoms with E-state index in [1.807, 2.05) is 11.6 Å². The van der Waals surface area contributed by atoms with Gasteiger partial charge in [-0.3, -0.25) is 14.4 Å². The molecule has 3 unspecified atom stereocenters. The van der Waals surface area contributed by atoms with Crippen LogP contribution in [0.25, 0.3) is 0 Å². The van der Waals surface area contributed by atoms with Crippen LogP contribution >= 0.6 is 11.8 Å². The summed E-state index contributed by atoms with van der Waals surface area (Å²) in [5, 5.41) is 33.1. The van der Waals surface area contributed by atoms with Gasteiger partial charge in [-0.25, -0.2) is 4.79 Å². The number of nitrogens with two attached hydrogens (primary N) is 1. The van der Waals surface area contributed by atoms with Gasteiger partial charge in [0.15, 0.2) is 0 Å². The summed E-state index contributed by atoms with van der Waals surface area (Å²) < 4.78 is 0. The molecule has 0 aliphatic rings. The third-order valence-corrected chi connectivity index (χ3v) is 3.66. The second kappa shape index (κ2) is 12.5. The molecule has 0 saturated heterocycles. The summed E-state index contributed by atoms with van der Waals surface area (Å²) in [5.41, 5.74) is 5.37. The molecule has 0 aliphatic heterocycles. The average Bonchev–Trinajstić information content (AvgIpc) is 2.59. The zero-order chi connectivity index (χ0) is 19.4. The van der Waals surface area contributed by atoms with E-state index in [-0.39, 0.29) is 6.42 Å². The second-order valence-electron chi connectivity index (χ2n) is 4.99. The number of hydrogen-bond acceptors (Lipinski definition) is 8. The highest BCUT2D eigenvalue weighted by molar-refractivity contribution is 7.98. The van der Waals surface area contributed by atoms with Crippen LogP contribution < -0.4 is 21.7 Å². The second-order valence-corrected chi connectivity index (χ2v) is 5.98. The highest BCUT2D eigenvalue weighted by Crippen LogP contribution is 2.01. The fourth-order valence-electron chi connectivity index (χ4n) is 1.59. The van der Waals surface area contributed by atoms with E-state index in [0.717, 1.165) is 0 Å². The van der Waals surface area contributed by atoms with Crippen molar-refractivity contribution in [2.75, 3.05) is 31.8 Å². The lowest BCUT2D eigenvalue weighted by atomic mass is 10.2. The molecule has 0 spiro atoms. The molecule has 0 bridgehead atoms. The van der Waals surface area contributed by atoms with E-state index in [4.69, 9.17) is 21.1 Å². The van der Waals surface area contributed by atoms with Crippen molar-refractivity contribution in [3.63, 3.8) is 0 Å². The number of carbonyl (C=O) groups excluding carboxylic acids is 3.